The molecule has 0 aromatic heterocycles. The lowest BCUT2D eigenvalue weighted by Crippen LogP contribution is -2.33. The summed E-state index contributed by atoms with van der Waals surface area (Å²) in [6, 6.07) is 5.46. The van der Waals surface area contributed by atoms with Gasteiger partial charge in [-0.2, -0.15) is 0 Å². The standard InChI is InChI=1S/C12H18ClNO/c1-8-5-4-6-9(13)10(8)11(14)12(2,3)7-15/h4-6,11,15H,7,14H2,1-3H3/t11-/m1/s1. The molecule has 0 fully saturated rings. The fraction of sp³-hybridized carbons (Fsp3) is 0.500. The van der Waals surface area contributed by atoms with Crippen LogP contribution in [0.25, 0.3) is 0 Å². The van der Waals surface area contributed by atoms with Gasteiger partial charge in [-0.3, -0.25) is 0 Å². The highest BCUT2D eigenvalue weighted by molar-refractivity contribution is 6.31. The summed E-state index contributed by atoms with van der Waals surface area (Å²) >= 11 is 6.13. The van der Waals surface area contributed by atoms with Gasteiger partial charge >= 0.3 is 0 Å². The smallest absolute Gasteiger partial charge is 0.0500 e. The third-order valence-electron chi connectivity index (χ3n) is 2.83. The fourth-order valence-corrected chi connectivity index (χ4v) is 1.87. The van der Waals surface area contributed by atoms with E-state index in [-0.39, 0.29) is 18.1 Å². The Morgan fingerprint density at radius 1 is 1.47 bits per heavy atom. The molecule has 0 bridgehead atoms. The van der Waals surface area contributed by atoms with E-state index >= 15 is 0 Å². The van der Waals surface area contributed by atoms with Gasteiger partial charge in [0.25, 0.3) is 0 Å². The molecular formula is C12H18ClNO. The summed E-state index contributed by atoms with van der Waals surface area (Å²) in [6.07, 6.45) is 0. The summed E-state index contributed by atoms with van der Waals surface area (Å²) < 4.78 is 0. The van der Waals surface area contributed by atoms with Crippen LogP contribution >= 0.6 is 11.6 Å². The first kappa shape index (κ1) is 12.5. The molecule has 0 aliphatic carbocycles. The Labute approximate surface area is 96.1 Å². The number of aliphatic hydroxyl groups is 1. The van der Waals surface area contributed by atoms with Gasteiger partial charge in [0, 0.05) is 23.1 Å². The second-order valence-electron chi connectivity index (χ2n) is 4.59. The Morgan fingerprint density at radius 3 is 2.53 bits per heavy atom. The first-order chi connectivity index (χ1) is 6.90. The number of nitrogens with two attached hydrogens (primary N) is 1. The van der Waals surface area contributed by atoms with Crippen molar-refractivity contribution in [1.29, 1.82) is 0 Å². The minimum absolute atomic E-state index is 0.0405. The molecule has 0 unspecified atom stereocenters. The van der Waals surface area contributed by atoms with E-state index in [0.29, 0.717) is 5.02 Å². The van der Waals surface area contributed by atoms with Crippen LogP contribution < -0.4 is 5.73 Å². The van der Waals surface area contributed by atoms with E-state index in [9.17, 15) is 5.11 Å². The summed E-state index contributed by atoms with van der Waals surface area (Å²) in [7, 11) is 0. The summed E-state index contributed by atoms with van der Waals surface area (Å²) in [5.41, 5.74) is 7.77. The number of aliphatic hydroxyl groups excluding tert-OH is 1. The highest BCUT2D eigenvalue weighted by Gasteiger charge is 2.29. The third-order valence-corrected chi connectivity index (χ3v) is 3.16. The van der Waals surface area contributed by atoms with Gasteiger partial charge in [0.2, 0.25) is 0 Å². The van der Waals surface area contributed by atoms with Crippen molar-refractivity contribution in [2.75, 3.05) is 6.61 Å². The Balaban J connectivity index is 3.16. The Bertz CT molecular complexity index is 329. The van der Waals surface area contributed by atoms with E-state index < -0.39 is 0 Å². The van der Waals surface area contributed by atoms with Crippen molar-refractivity contribution in [3.63, 3.8) is 0 Å². The largest absolute Gasteiger partial charge is 0.396 e. The summed E-state index contributed by atoms with van der Waals surface area (Å²) in [6.45, 7) is 5.88. The zero-order chi connectivity index (χ0) is 11.6. The van der Waals surface area contributed by atoms with Crippen molar-refractivity contribution in [3.05, 3.63) is 34.3 Å². The van der Waals surface area contributed by atoms with Gasteiger partial charge in [0.05, 0.1) is 0 Å². The van der Waals surface area contributed by atoms with Crippen LogP contribution in [0.2, 0.25) is 5.02 Å². The van der Waals surface area contributed by atoms with E-state index in [1.54, 1.807) is 0 Å². The molecule has 0 saturated heterocycles. The summed E-state index contributed by atoms with van der Waals surface area (Å²) in [5.74, 6) is 0. The molecular weight excluding hydrogens is 210 g/mol. The van der Waals surface area contributed by atoms with E-state index in [4.69, 9.17) is 17.3 Å². The van der Waals surface area contributed by atoms with Gasteiger partial charge in [-0.15, -0.1) is 0 Å². The molecule has 0 radical (unpaired) electrons. The maximum Gasteiger partial charge on any atom is 0.0500 e. The highest BCUT2D eigenvalue weighted by Crippen LogP contribution is 2.36. The van der Waals surface area contributed by atoms with Gasteiger partial charge in [0.1, 0.15) is 0 Å². The molecule has 0 saturated carbocycles. The van der Waals surface area contributed by atoms with Gasteiger partial charge in [0.15, 0.2) is 0 Å². The maximum absolute atomic E-state index is 9.28. The Hall–Kier alpha value is -0.570. The maximum atomic E-state index is 9.28. The van der Waals surface area contributed by atoms with Crippen LogP contribution in [0.1, 0.15) is 31.0 Å². The average molecular weight is 228 g/mol. The lowest BCUT2D eigenvalue weighted by atomic mass is 9.80. The molecule has 15 heavy (non-hydrogen) atoms. The lowest BCUT2D eigenvalue weighted by Gasteiger charge is -2.31. The molecule has 3 heteroatoms. The number of rotatable bonds is 3. The predicted molar refractivity (Wildman–Crippen MR) is 64.0 cm³/mol. The Morgan fingerprint density at radius 2 is 2.07 bits per heavy atom. The van der Waals surface area contributed by atoms with Crippen molar-refractivity contribution in [2.45, 2.75) is 26.8 Å². The summed E-state index contributed by atoms with van der Waals surface area (Å²) in [4.78, 5) is 0. The van der Waals surface area contributed by atoms with Gasteiger partial charge in [-0.05, 0) is 24.1 Å². The monoisotopic (exact) mass is 227 g/mol. The topological polar surface area (TPSA) is 46.2 Å². The molecule has 3 N–H and O–H groups in total. The van der Waals surface area contributed by atoms with E-state index in [1.165, 1.54) is 0 Å². The van der Waals surface area contributed by atoms with Crippen LogP contribution in [0, 0.1) is 12.3 Å². The van der Waals surface area contributed by atoms with Crippen LogP contribution in [-0.2, 0) is 0 Å². The van der Waals surface area contributed by atoms with Gasteiger partial charge < -0.3 is 10.8 Å². The second kappa shape index (κ2) is 4.52. The molecule has 0 aliphatic heterocycles. The number of hydrogen-bond donors (Lipinski definition) is 2. The second-order valence-corrected chi connectivity index (χ2v) is 5.00. The quantitative estimate of drug-likeness (QED) is 0.834. The molecule has 1 aromatic carbocycles. The number of hydrogen-bond acceptors (Lipinski definition) is 2. The molecule has 0 aliphatic rings. The van der Waals surface area contributed by atoms with Crippen LogP contribution in [0.15, 0.2) is 18.2 Å². The third kappa shape index (κ3) is 2.51. The average Bonchev–Trinajstić information content (AvgIpc) is 2.17. The summed E-state index contributed by atoms with van der Waals surface area (Å²) in [5, 5.41) is 9.95. The Kier molecular flexibility index (Phi) is 3.77. The first-order valence-electron chi connectivity index (χ1n) is 5.01. The lowest BCUT2D eigenvalue weighted by molar-refractivity contribution is 0.132. The molecule has 1 aromatic rings. The van der Waals surface area contributed by atoms with Crippen LogP contribution in [0.3, 0.4) is 0 Å². The van der Waals surface area contributed by atoms with E-state index in [2.05, 4.69) is 0 Å². The SMILES string of the molecule is Cc1cccc(Cl)c1[C@@H](N)C(C)(C)CO. The van der Waals surface area contributed by atoms with Crippen LogP contribution in [-0.4, -0.2) is 11.7 Å². The molecule has 1 rings (SSSR count). The van der Waals surface area contributed by atoms with Crippen LogP contribution in [0.4, 0.5) is 0 Å². The highest BCUT2D eigenvalue weighted by atomic mass is 35.5. The normalized spacial score (nSPS) is 14.0. The zero-order valence-corrected chi connectivity index (χ0v) is 10.2. The van der Waals surface area contributed by atoms with Gasteiger partial charge in [-0.1, -0.05) is 37.6 Å². The molecule has 0 heterocycles. The van der Waals surface area contributed by atoms with Crippen molar-refractivity contribution in [3.8, 4) is 0 Å². The number of halogens is 1. The minimum atomic E-state index is -0.365. The zero-order valence-electron chi connectivity index (χ0n) is 9.42. The molecule has 1 atom stereocenters. The number of benzene rings is 1. The first-order valence-corrected chi connectivity index (χ1v) is 5.39. The molecule has 0 spiro atoms. The molecule has 0 amide bonds. The predicted octanol–water partition coefficient (Wildman–Crippen LogP) is 2.67. The molecule has 2 nitrogen and oxygen atoms in total. The van der Waals surface area contributed by atoms with Crippen LogP contribution in [0.5, 0.6) is 0 Å². The van der Waals surface area contributed by atoms with E-state index in [0.717, 1.165) is 11.1 Å². The molecule has 84 valence electrons. The van der Waals surface area contributed by atoms with Crippen molar-refractivity contribution < 1.29 is 5.11 Å². The van der Waals surface area contributed by atoms with Crippen molar-refractivity contribution in [2.24, 2.45) is 11.1 Å². The number of aryl methyl sites for hydroxylation is 1. The fourth-order valence-electron chi connectivity index (χ4n) is 1.53. The van der Waals surface area contributed by atoms with Gasteiger partial charge in [-0.25, -0.2) is 0 Å². The van der Waals surface area contributed by atoms with E-state index in [1.807, 2.05) is 39.0 Å². The minimum Gasteiger partial charge on any atom is -0.396 e. The van der Waals surface area contributed by atoms with Crippen molar-refractivity contribution >= 4 is 11.6 Å². The van der Waals surface area contributed by atoms with Crippen molar-refractivity contribution in [1.82, 2.24) is 0 Å².